The van der Waals surface area contributed by atoms with E-state index in [0.29, 0.717) is 5.69 Å². The SMILES string of the molecule is CCC1(C)CN(c2cccc(Cl)c2F)C(C)CN1. The molecule has 0 spiro atoms. The average molecular weight is 271 g/mol. The van der Waals surface area contributed by atoms with Crippen molar-refractivity contribution >= 4 is 17.3 Å². The van der Waals surface area contributed by atoms with Crippen LogP contribution in [0, 0.1) is 5.82 Å². The van der Waals surface area contributed by atoms with Crippen molar-refractivity contribution in [2.75, 3.05) is 18.0 Å². The van der Waals surface area contributed by atoms with E-state index in [2.05, 4.69) is 31.0 Å². The first kappa shape index (κ1) is 13.6. The van der Waals surface area contributed by atoms with E-state index in [1.54, 1.807) is 18.2 Å². The van der Waals surface area contributed by atoms with Gasteiger partial charge in [0.2, 0.25) is 0 Å². The molecule has 18 heavy (non-hydrogen) atoms. The first-order valence-corrected chi connectivity index (χ1v) is 6.80. The summed E-state index contributed by atoms with van der Waals surface area (Å²) in [6.45, 7) is 8.07. The highest BCUT2D eigenvalue weighted by Crippen LogP contribution is 2.30. The molecule has 0 saturated carbocycles. The maximum atomic E-state index is 14.1. The molecule has 1 aromatic carbocycles. The lowest BCUT2D eigenvalue weighted by atomic mass is 9.93. The van der Waals surface area contributed by atoms with Gasteiger partial charge < -0.3 is 10.2 Å². The highest BCUT2D eigenvalue weighted by atomic mass is 35.5. The molecule has 1 heterocycles. The molecule has 1 fully saturated rings. The van der Waals surface area contributed by atoms with E-state index in [1.165, 1.54) is 0 Å². The average Bonchev–Trinajstić information content (AvgIpc) is 2.36. The van der Waals surface area contributed by atoms with Crippen LogP contribution in [0.25, 0.3) is 0 Å². The zero-order valence-electron chi connectivity index (χ0n) is 11.1. The van der Waals surface area contributed by atoms with Crippen LogP contribution in [0.5, 0.6) is 0 Å². The van der Waals surface area contributed by atoms with Crippen LogP contribution in [0.2, 0.25) is 5.02 Å². The van der Waals surface area contributed by atoms with Crippen LogP contribution in [0.1, 0.15) is 27.2 Å². The van der Waals surface area contributed by atoms with Gasteiger partial charge in [-0.1, -0.05) is 24.6 Å². The van der Waals surface area contributed by atoms with Gasteiger partial charge >= 0.3 is 0 Å². The van der Waals surface area contributed by atoms with Crippen LogP contribution < -0.4 is 10.2 Å². The Morgan fingerprint density at radius 3 is 2.94 bits per heavy atom. The fourth-order valence-corrected chi connectivity index (χ4v) is 2.54. The minimum atomic E-state index is -0.314. The topological polar surface area (TPSA) is 15.3 Å². The normalized spacial score (nSPS) is 28.5. The van der Waals surface area contributed by atoms with Gasteiger partial charge in [-0.25, -0.2) is 4.39 Å². The number of anilines is 1. The van der Waals surface area contributed by atoms with Crippen LogP contribution in [0.4, 0.5) is 10.1 Å². The van der Waals surface area contributed by atoms with E-state index in [9.17, 15) is 4.39 Å². The predicted molar refractivity (Wildman–Crippen MR) is 74.9 cm³/mol. The molecule has 0 bridgehead atoms. The van der Waals surface area contributed by atoms with E-state index in [4.69, 9.17) is 11.6 Å². The Morgan fingerprint density at radius 2 is 2.28 bits per heavy atom. The van der Waals surface area contributed by atoms with E-state index in [0.717, 1.165) is 19.5 Å². The van der Waals surface area contributed by atoms with E-state index < -0.39 is 0 Å². The van der Waals surface area contributed by atoms with Gasteiger partial charge in [-0.15, -0.1) is 0 Å². The minimum Gasteiger partial charge on any atom is -0.363 e. The first-order chi connectivity index (χ1) is 8.47. The third-order valence-electron chi connectivity index (χ3n) is 3.90. The molecule has 4 heteroatoms. The fraction of sp³-hybridized carbons (Fsp3) is 0.571. The lowest BCUT2D eigenvalue weighted by Crippen LogP contribution is -2.62. The Morgan fingerprint density at radius 1 is 1.56 bits per heavy atom. The summed E-state index contributed by atoms with van der Waals surface area (Å²) in [6.07, 6.45) is 1.01. The number of piperazine rings is 1. The van der Waals surface area contributed by atoms with Crippen molar-refractivity contribution in [3.63, 3.8) is 0 Å². The summed E-state index contributed by atoms with van der Waals surface area (Å²) < 4.78 is 14.1. The van der Waals surface area contributed by atoms with Gasteiger partial charge in [-0.2, -0.15) is 0 Å². The maximum absolute atomic E-state index is 14.1. The second-order valence-corrected chi connectivity index (χ2v) is 5.75. The Hall–Kier alpha value is -0.800. The third kappa shape index (κ3) is 2.47. The summed E-state index contributed by atoms with van der Waals surface area (Å²) in [7, 11) is 0. The highest BCUT2D eigenvalue weighted by molar-refractivity contribution is 6.31. The van der Waals surface area contributed by atoms with Gasteiger partial charge in [0.15, 0.2) is 5.82 Å². The third-order valence-corrected chi connectivity index (χ3v) is 4.19. The smallest absolute Gasteiger partial charge is 0.165 e. The summed E-state index contributed by atoms with van der Waals surface area (Å²) in [5, 5.41) is 3.72. The van der Waals surface area contributed by atoms with Crippen molar-refractivity contribution in [2.24, 2.45) is 0 Å². The predicted octanol–water partition coefficient (Wildman–Crippen LogP) is 3.45. The standard InChI is InChI=1S/C14H20ClFN2/c1-4-14(3)9-18(10(2)8-17-14)12-7-5-6-11(15)13(12)16/h5-7,10,17H,4,8-9H2,1-3H3. The molecule has 2 unspecified atom stereocenters. The molecule has 1 aromatic rings. The number of halogens is 2. The van der Waals surface area contributed by atoms with Crippen molar-refractivity contribution in [3.8, 4) is 0 Å². The lowest BCUT2D eigenvalue weighted by Gasteiger charge is -2.46. The number of hydrogen-bond acceptors (Lipinski definition) is 2. The molecule has 0 aliphatic carbocycles. The Labute approximate surface area is 113 Å². The van der Waals surface area contributed by atoms with E-state index in [-0.39, 0.29) is 22.4 Å². The van der Waals surface area contributed by atoms with E-state index >= 15 is 0 Å². The van der Waals surface area contributed by atoms with Gasteiger partial charge in [0.1, 0.15) is 0 Å². The molecule has 2 atom stereocenters. The van der Waals surface area contributed by atoms with Crippen LogP contribution in [-0.2, 0) is 0 Å². The lowest BCUT2D eigenvalue weighted by molar-refractivity contribution is 0.284. The summed E-state index contributed by atoms with van der Waals surface area (Å²) in [5.74, 6) is -0.314. The number of hydrogen-bond donors (Lipinski definition) is 1. The molecule has 2 rings (SSSR count). The van der Waals surface area contributed by atoms with Crippen LogP contribution >= 0.6 is 11.6 Å². The fourth-order valence-electron chi connectivity index (χ4n) is 2.37. The molecule has 100 valence electrons. The maximum Gasteiger partial charge on any atom is 0.165 e. The second-order valence-electron chi connectivity index (χ2n) is 5.34. The number of benzene rings is 1. The van der Waals surface area contributed by atoms with Gasteiger partial charge in [0, 0.05) is 24.7 Å². The van der Waals surface area contributed by atoms with Crippen LogP contribution in [-0.4, -0.2) is 24.7 Å². The molecule has 1 N–H and O–H groups in total. The Balaban J connectivity index is 2.33. The molecule has 1 saturated heterocycles. The van der Waals surface area contributed by atoms with Crippen molar-refractivity contribution in [1.29, 1.82) is 0 Å². The van der Waals surface area contributed by atoms with Crippen LogP contribution in [0.15, 0.2) is 18.2 Å². The first-order valence-electron chi connectivity index (χ1n) is 6.42. The number of nitrogens with one attached hydrogen (secondary N) is 1. The van der Waals surface area contributed by atoms with Crippen molar-refractivity contribution < 1.29 is 4.39 Å². The second kappa shape index (κ2) is 5.06. The number of rotatable bonds is 2. The number of nitrogens with zero attached hydrogens (tertiary/aromatic N) is 1. The molecular formula is C14H20ClFN2. The van der Waals surface area contributed by atoms with Gasteiger partial charge in [-0.3, -0.25) is 0 Å². The Kier molecular flexibility index (Phi) is 3.83. The molecular weight excluding hydrogens is 251 g/mol. The summed E-state index contributed by atoms with van der Waals surface area (Å²) in [5.41, 5.74) is 0.637. The van der Waals surface area contributed by atoms with Gasteiger partial charge in [-0.05, 0) is 32.4 Å². The molecule has 0 radical (unpaired) electrons. The van der Waals surface area contributed by atoms with Gasteiger partial charge in [0.05, 0.1) is 10.7 Å². The summed E-state index contributed by atoms with van der Waals surface area (Å²) in [4.78, 5) is 2.11. The van der Waals surface area contributed by atoms with E-state index in [1.807, 2.05) is 0 Å². The highest BCUT2D eigenvalue weighted by Gasteiger charge is 2.33. The van der Waals surface area contributed by atoms with Crippen molar-refractivity contribution in [1.82, 2.24) is 5.32 Å². The quantitative estimate of drug-likeness (QED) is 0.886. The molecule has 1 aliphatic heterocycles. The zero-order chi connectivity index (χ0) is 13.3. The van der Waals surface area contributed by atoms with Gasteiger partial charge in [0.25, 0.3) is 0 Å². The minimum absolute atomic E-state index is 0.0290. The molecule has 2 nitrogen and oxygen atoms in total. The van der Waals surface area contributed by atoms with Crippen molar-refractivity contribution in [3.05, 3.63) is 29.0 Å². The summed E-state index contributed by atoms with van der Waals surface area (Å²) >= 11 is 5.87. The Bertz CT molecular complexity index is 438. The largest absolute Gasteiger partial charge is 0.363 e. The molecule has 1 aliphatic rings. The summed E-state index contributed by atoms with van der Waals surface area (Å²) in [6, 6.07) is 5.46. The molecule has 0 aromatic heterocycles. The van der Waals surface area contributed by atoms with Crippen molar-refractivity contribution in [2.45, 2.75) is 38.8 Å². The monoisotopic (exact) mass is 270 g/mol. The van der Waals surface area contributed by atoms with Crippen LogP contribution in [0.3, 0.4) is 0 Å². The zero-order valence-corrected chi connectivity index (χ0v) is 11.9. The molecule has 0 amide bonds.